The molecule has 0 atom stereocenters. The van der Waals surface area contributed by atoms with Gasteiger partial charge in [-0.3, -0.25) is 0 Å². The molecule has 2 aromatic heterocycles. The van der Waals surface area contributed by atoms with E-state index in [1.807, 2.05) is 39.1 Å². The van der Waals surface area contributed by atoms with E-state index in [2.05, 4.69) is 15.3 Å². The fourth-order valence-electron chi connectivity index (χ4n) is 1.68. The van der Waals surface area contributed by atoms with E-state index in [1.165, 1.54) is 0 Å². The van der Waals surface area contributed by atoms with Crippen molar-refractivity contribution in [3.8, 4) is 11.5 Å². The Labute approximate surface area is 101 Å². The number of furan rings is 1. The van der Waals surface area contributed by atoms with Crippen LogP contribution in [0, 0.1) is 13.8 Å². The minimum Gasteiger partial charge on any atom is -0.460 e. The summed E-state index contributed by atoms with van der Waals surface area (Å²) in [6, 6.07) is 5.83. The van der Waals surface area contributed by atoms with Gasteiger partial charge >= 0.3 is 0 Å². The van der Waals surface area contributed by atoms with Gasteiger partial charge in [0.15, 0.2) is 5.76 Å². The van der Waals surface area contributed by atoms with Crippen LogP contribution in [0.2, 0.25) is 0 Å². The third kappa shape index (κ3) is 2.91. The zero-order chi connectivity index (χ0) is 12.3. The first-order valence-electron chi connectivity index (χ1n) is 5.75. The molecule has 0 aliphatic rings. The van der Waals surface area contributed by atoms with Crippen molar-refractivity contribution in [2.24, 2.45) is 0 Å². The van der Waals surface area contributed by atoms with Crippen molar-refractivity contribution < 1.29 is 4.42 Å². The molecular formula is C13H17N3O. The van der Waals surface area contributed by atoms with E-state index in [0.29, 0.717) is 0 Å². The zero-order valence-corrected chi connectivity index (χ0v) is 10.4. The molecular weight excluding hydrogens is 214 g/mol. The molecule has 4 nitrogen and oxygen atoms in total. The molecule has 0 aliphatic heterocycles. The van der Waals surface area contributed by atoms with Crippen LogP contribution in [-0.2, 0) is 6.42 Å². The number of hydrogen-bond donors (Lipinski definition) is 1. The number of aryl methyl sites for hydroxylation is 2. The fourth-order valence-corrected chi connectivity index (χ4v) is 1.68. The molecule has 0 amide bonds. The Morgan fingerprint density at radius 2 is 2.06 bits per heavy atom. The van der Waals surface area contributed by atoms with Crippen molar-refractivity contribution >= 4 is 0 Å². The summed E-state index contributed by atoms with van der Waals surface area (Å²) in [4.78, 5) is 8.92. The summed E-state index contributed by atoms with van der Waals surface area (Å²) in [5, 5.41) is 3.10. The van der Waals surface area contributed by atoms with Gasteiger partial charge in [0, 0.05) is 18.7 Å². The van der Waals surface area contributed by atoms with E-state index in [9.17, 15) is 0 Å². The number of hydrogen-bond acceptors (Lipinski definition) is 4. The second-order valence-corrected chi connectivity index (χ2v) is 4.07. The first kappa shape index (κ1) is 11.8. The summed E-state index contributed by atoms with van der Waals surface area (Å²) in [7, 11) is 1.92. The number of nitrogens with one attached hydrogen (secondary N) is 1. The predicted molar refractivity (Wildman–Crippen MR) is 66.8 cm³/mol. The molecule has 0 aliphatic carbocycles. The van der Waals surface area contributed by atoms with Crippen LogP contribution in [0.4, 0.5) is 0 Å². The van der Waals surface area contributed by atoms with Crippen LogP contribution < -0.4 is 5.32 Å². The Bertz CT molecular complexity index is 505. The lowest BCUT2D eigenvalue weighted by Crippen LogP contribution is -2.12. The van der Waals surface area contributed by atoms with Crippen LogP contribution >= 0.6 is 0 Å². The van der Waals surface area contributed by atoms with E-state index in [-0.39, 0.29) is 0 Å². The Balaban J connectivity index is 2.31. The summed E-state index contributed by atoms with van der Waals surface area (Å²) in [5.74, 6) is 2.55. The highest BCUT2D eigenvalue weighted by molar-refractivity contribution is 5.52. The molecule has 0 aromatic carbocycles. The molecule has 2 rings (SSSR count). The third-order valence-corrected chi connectivity index (χ3v) is 2.49. The number of nitrogens with zero attached hydrogens (tertiary/aromatic N) is 2. The number of likely N-dealkylation sites (N-methyl/N-ethyl adjacent to an activating group) is 1. The molecule has 0 unspecified atom stereocenters. The van der Waals surface area contributed by atoms with Gasteiger partial charge in [-0.15, -0.1) is 0 Å². The Hall–Kier alpha value is -1.68. The number of aromatic nitrogens is 2. The van der Waals surface area contributed by atoms with Gasteiger partial charge in [-0.1, -0.05) is 0 Å². The molecule has 0 fully saturated rings. The van der Waals surface area contributed by atoms with Crippen LogP contribution in [0.15, 0.2) is 22.6 Å². The molecule has 0 saturated heterocycles. The normalized spacial score (nSPS) is 10.8. The Morgan fingerprint density at radius 1 is 1.24 bits per heavy atom. The van der Waals surface area contributed by atoms with E-state index in [0.717, 1.165) is 41.7 Å². The SMILES string of the molecule is CNCCc1nc(C)cc(-c2ccc(C)o2)n1. The largest absolute Gasteiger partial charge is 0.460 e. The van der Waals surface area contributed by atoms with Gasteiger partial charge in [-0.05, 0) is 39.1 Å². The summed E-state index contributed by atoms with van der Waals surface area (Å²) in [6.45, 7) is 4.78. The maximum atomic E-state index is 5.58. The lowest BCUT2D eigenvalue weighted by Gasteiger charge is -2.04. The lowest BCUT2D eigenvalue weighted by molar-refractivity contribution is 0.545. The molecule has 2 aromatic rings. The highest BCUT2D eigenvalue weighted by atomic mass is 16.3. The smallest absolute Gasteiger partial charge is 0.152 e. The van der Waals surface area contributed by atoms with Crippen molar-refractivity contribution in [3.63, 3.8) is 0 Å². The van der Waals surface area contributed by atoms with Crippen LogP contribution in [-0.4, -0.2) is 23.6 Å². The quantitative estimate of drug-likeness (QED) is 0.875. The predicted octanol–water partition coefficient (Wildman–Crippen LogP) is 2.12. The first-order chi connectivity index (χ1) is 8.19. The number of rotatable bonds is 4. The highest BCUT2D eigenvalue weighted by Crippen LogP contribution is 2.20. The fraction of sp³-hybridized carbons (Fsp3) is 0.385. The summed E-state index contributed by atoms with van der Waals surface area (Å²) in [6.07, 6.45) is 0.824. The van der Waals surface area contributed by atoms with Crippen LogP contribution in [0.25, 0.3) is 11.5 Å². The minimum atomic E-state index is 0.804. The monoisotopic (exact) mass is 231 g/mol. The maximum absolute atomic E-state index is 5.58. The van der Waals surface area contributed by atoms with Gasteiger partial charge in [-0.2, -0.15) is 0 Å². The van der Waals surface area contributed by atoms with Crippen molar-refractivity contribution in [2.45, 2.75) is 20.3 Å². The van der Waals surface area contributed by atoms with E-state index in [4.69, 9.17) is 4.42 Å². The standard InChI is InChI=1S/C13H17N3O/c1-9-8-11(12-5-4-10(2)17-12)16-13(15-9)6-7-14-3/h4-5,8,14H,6-7H2,1-3H3. The van der Waals surface area contributed by atoms with Gasteiger partial charge in [0.1, 0.15) is 17.3 Å². The molecule has 4 heteroatoms. The second-order valence-electron chi connectivity index (χ2n) is 4.07. The molecule has 90 valence electrons. The molecule has 2 heterocycles. The molecule has 0 radical (unpaired) electrons. The summed E-state index contributed by atoms with van der Waals surface area (Å²) in [5.41, 5.74) is 1.83. The van der Waals surface area contributed by atoms with Crippen molar-refractivity contribution in [1.82, 2.24) is 15.3 Å². The highest BCUT2D eigenvalue weighted by Gasteiger charge is 2.07. The summed E-state index contributed by atoms with van der Waals surface area (Å²) >= 11 is 0. The minimum absolute atomic E-state index is 0.804. The second kappa shape index (κ2) is 5.10. The van der Waals surface area contributed by atoms with Gasteiger partial charge in [0.25, 0.3) is 0 Å². The van der Waals surface area contributed by atoms with Crippen LogP contribution in [0.3, 0.4) is 0 Å². The van der Waals surface area contributed by atoms with Crippen LogP contribution in [0.5, 0.6) is 0 Å². The van der Waals surface area contributed by atoms with Crippen molar-refractivity contribution in [3.05, 3.63) is 35.5 Å². The van der Waals surface area contributed by atoms with Gasteiger partial charge in [-0.25, -0.2) is 9.97 Å². The Morgan fingerprint density at radius 3 is 2.71 bits per heavy atom. The van der Waals surface area contributed by atoms with Crippen LogP contribution in [0.1, 0.15) is 17.3 Å². The lowest BCUT2D eigenvalue weighted by atomic mass is 10.2. The third-order valence-electron chi connectivity index (χ3n) is 2.49. The molecule has 1 N–H and O–H groups in total. The van der Waals surface area contributed by atoms with E-state index < -0.39 is 0 Å². The van der Waals surface area contributed by atoms with E-state index >= 15 is 0 Å². The average Bonchev–Trinajstić information content (AvgIpc) is 2.72. The molecule has 0 saturated carbocycles. The van der Waals surface area contributed by atoms with Gasteiger partial charge in [0.2, 0.25) is 0 Å². The van der Waals surface area contributed by atoms with E-state index in [1.54, 1.807) is 0 Å². The first-order valence-corrected chi connectivity index (χ1v) is 5.75. The maximum Gasteiger partial charge on any atom is 0.152 e. The van der Waals surface area contributed by atoms with Crippen molar-refractivity contribution in [2.75, 3.05) is 13.6 Å². The molecule has 0 bridgehead atoms. The topological polar surface area (TPSA) is 51.0 Å². The van der Waals surface area contributed by atoms with Gasteiger partial charge < -0.3 is 9.73 Å². The molecule has 0 spiro atoms. The summed E-state index contributed by atoms with van der Waals surface area (Å²) < 4.78 is 5.58. The van der Waals surface area contributed by atoms with Crippen molar-refractivity contribution in [1.29, 1.82) is 0 Å². The van der Waals surface area contributed by atoms with Gasteiger partial charge in [0.05, 0.1) is 0 Å². The Kier molecular flexibility index (Phi) is 3.54. The zero-order valence-electron chi connectivity index (χ0n) is 10.4. The molecule has 17 heavy (non-hydrogen) atoms. The average molecular weight is 231 g/mol.